The number of rotatable bonds is 3. The van der Waals surface area contributed by atoms with Crippen molar-refractivity contribution >= 4 is 33.0 Å². The third-order valence-electron chi connectivity index (χ3n) is 3.32. The molecule has 108 valence electrons. The molecule has 0 saturated carbocycles. The van der Waals surface area contributed by atoms with Gasteiger partial charge >= 0.3 is 4.73 Å². The van der Waals surface area contributed by atoms with Crippen LogP contribution in [0.5, 0.6) is 0 Å². The van der Waals surface area contributed by atoms with Crippen molar-refractivity contribution in [2.75, 3.05) is 19.0 Å². The molecule has 1 aliphatic heterocycles. The maximum absolute atomic E-state index is 9.80. The van der Waals surface area contributed by atoms with Gasteiger partial charge in [-0.1, -0.05) is 0 Å². The third-order valence-corrected chi connectivity index (χ3v) is 3.91. The highest BCUT2D eigenvalue weighted by Crippen LogP contribution is 2.26. The van der Waals surface area contributed by atoms with Gasteiger partial charge in [-0.2, -0.15) is 9.55 Å². The fraction of sp³-hybridized carbons (Fsp3) is 0.545. The summed E-state index contributed by atoms with van der Waals surface area (Å²) in [6.45, 7) is -0.209. The summed E-state index contributed by atoms with van der Waals surface area (Å²) in [7, 11) is 1.77. The van der Waals surface area contributed by atoms with Gasteiger partial charge in [0.1, 0.15) is 12.3 Å². The van der Waals surface area contributed by atoms with Crippen LogP contribution in [0.1, 0.15) is 12.6 Å². The number of aliphatic hydroxyl groups is 2. The number of aromatic nitrogens is 4. The van der Waals surface area contributed by atoms with Gasteiger partial charge in [0, 0.05) is 13.5 Å². The summed E-state index contributed by atoms with van der Waals surface area (Å²) in [6, 6.07) is 0. The molecule has 8 nitrogen and oxygen atoms in total. The molecule has 9 heteroatoms. The number of halogens is 1. The van der Waals surface area contributed by atoms with Crippen molar-refractivity contribution in [1.29, 1.82) is 0 Å². The van der Waals surface area contributed by atoms with Crippen LogP contribution in [0.25, 0.3) is 11.2 Å². The van der Waals surface area contributed by atoms with Gasteiger partial charge in [0.15, 0.2) is 5.52 Å². The maximum Gasteiger partial charge on any atom is 0.370 e. The summed E-state index contributed by atoms with van der Waals surface area (Å²) in [5.74, 6) is 0.623. The molecule has 0 amide bonds. The van der Waals surface area contributed by atoms with Gasteiger partial charge in [-0.3, -0.25) is 0 Å². The Morgan fingerprint density at radius 3 is 3.05 bits per heavy atom. The molecule has 0 bridgehead atoms. The Labute approximate surface area is 122 Å². The van der Waals surface area contributed by atoms with Crippen molar-refractivity contribution in [3.63, 3.8) is 0 Å². The molecule has 1 saturated heterocycles. The Balaban J connectivity index is 1.97. The number of anilines is 1. The van der Waals surface area contributed by atoms with E-state index in [0.717, 1.165) is 5.52 Å². The van der Waals surface area contributed by atoms with E-state index >= 15 is 0 Å². The number of aromatic amines is 1. The predicted octanol–water partition coefficient (Wildman–Crippen LogP) is -0.310. The van der Waals surface area contributed by atoms with Crippen LogP contribution in [0.4, 0.5) is 5.95 Å². The van der Waals surface area contributed by atoms with Crippen molar-refractivity contribution in [3.8, 4) is 0 Å². The number of H-pyrrole nitrogens is 1. The lowest BCUT2D eigenvalue weighted by Gasteiger charge is -2.10. The predicted molar refractivity (Wildman–Crippen MR) is 73.0 cm³/mol. The van der Waals surface area contributed by atoms with Gasteiger partial charge in [-0.15, -0.1) is 0 Å². The Morgan fingerprint density at radius 2 is 2.40 bits per heavy atom. The first-order chi connectivity index (χ1) is 9.62. The number of hydrogen-bond donors (Lipinski definition) is 4. The van der Waals surface area contributed by atoms with Crippen LogP contribution in [-0.2, 0) is 4.74 Å². The van der Waals surface area contributed by atoms with Crippen molar-refractivity contribution in [2.24, 2.45) is 0 Å². The van der Waals surface area contributed by atoms with Crippen molar-refractivity contribution < 1.29 is 19.5 Å². The lowest BCUT2D eigenvalue weighted by Crippen LogP contribution is -2.41. The molecule has 1 fully saturated rings. The minimum absolute atomic E-state index is 0.209. The van der Waals surface area contributed by atoms with Crippen molar-refractivity contribution in [2.45, 2.75) is 24.9 Å². The van der Waals surface area contributed by atoms with Gasteiger partial charge in [-0.05, 0) is 4.98 Å². The van der Waals surface area contributed by atoms with Crippen LogP contribution in [0.3, 0.4) is 0 Å². The van der Waals surface area contributed by atoms with Crippen molar-refractivity contribution in [1.82, 2.24) is 15.0 Å². The van der Waals surface area contributed by atoms with Gasteiger partial charge in [0.2, 0.25) is 12.2 Å². The van der Waals surface area contributed by atoms with Crippen LogP contribution in [0, 0.1) is 0 Å². The molecule has 3 heterocycles. The van der Waals surface area contributed by atoms with Gasteiger partial charge in [0.05, 0.1) is 28.6 Å². The summed E-state index contributed by atoms with van der Waals surface area (Å²) >= 11 is 3.37. The molecule has 2 aromatic heterocycles. The zero-order chi connectivity index (χ0) is 14.3. The summed E-state index contributed by atoms with van der Waals surface area (Å²) in [5, 5.41) is 21.8. The molecular formula is C11H15BrN5O3+. The average molecular weight is 345 g/mol. The lowest BCUT2D eigenvalue weighted by molar-refractivity contribution is -0.770. The van der Waals surface area contributed by atoms with E-state index in [1.165, 1.54) is 0 Å². The molecule has 20 heavy (non-hydrogen) atoms. The van der Waals surface area contributed by atoms with Crippen LogP contribution < -0.4 is 9.88 Å². The number of nitrogens with zero attached hydrogens (tertiary/aromatic N) is 3. The molecule has 1 aliphatic rings. The minimum atomic E-state index is -0.685. The topological polar surface area (TPSA) is 107 Å². The first kappa shape index (κ1) is 13.7. The van der Waals surface area contributed by atoms with Gasteiger partial charge in [-0.25, -0.2) is 0 Å². The van der Waals surface area contributed by atoms with E-state index in [1.807, 2.05) is 6.20 Å². The normalized spacial score (nSPS) is 26.3. The Bertz CT molecular complexity index is 634. The second-order valence-electron chi connectivity index (χ2n) is 4.60. The van der Waals surface area contributed by atoms with E-state index < -0.39 is 12.2 Å². The summed E-state index contributed by atoms with van der Waals surface area (Å²) < 4.78 is 7.93. The number of fused-ring (bicyclic) bond motifs is 1. The second-order valence-corrected chi connectivity index (χ2v) is 5.31. The number of aliphatic hydroxyl groups excluding tert-OH is 2. The fourth-order valence-corrected chi connectivity index (χ4v) is 2.76. The first-order valence-corrected chi connectivity index (χ1v) is 7.01. The molecule has 1 unspecified atom stereocenters. The summed E-state index contributed by atoms with van der Waals surface area (Å²) in [6.07, 6.45) is 0.584. The monoisotopic (exact) mass is 344 g/mol. The number of nitrogens with one attached hydrogen (secondary N) is 2. The molecule has 3 atom stereocenters. The van der Waals surface area contributed by atoms with E-state index in [9.17, 15) is 5.11 Å². The molecule has 4 N–H and O–H groups in total. The molecule has 0 spiro atoms. The lowest BCUT2D eigenvalue weighted by atomic mass is 10.2. The number of imidazole rings is 1. The standard InChI is InChI=1S/C11H14BrN5O3/c1-13-11-14-5-3-17(10(12)15-9(5)16-11)8-2-6(19)7(4-18)20-8/h3,6-8,18-19H,2,4H2,1H3,(H,13,14)/p+1/t6-,7+,8?/m0/s1. The minimum Gasteiger partial charge on any atom is -0.394 e. The van der Waals surface area contributed by atoms with Crippen LogP contribution >= 0.6 is 15.9 Å². The Morgan fingerprint density at radius 1 is 1.60 bits per heavy atom. The molecule has 3 rings (SSSR count). The van der Waals surface area contributed by atoms with Crippen LogP contribution in [0.2, 0.25) is 0 Å². The van der Waals surface area contributed by atoms with Crippen molar-refractivity contribution in [3.05, 3.63) is 10.9 Å². The van der Waals surface area contributed by atoms with Gasteiger partial charge in [0.25, 0.3) is 5.65 Å². The summed E-state index contributed by atoms with van der Waals surface area (Å²) in [5.41, 5.74) is 1.33. The van der Waals surface area contributed by atoms with E-state index in [-0.39, 0.29) is 12.8 Å². The van der Waals surface area contributed by atoms with Crippen LogP contribution in [0.15, 0.2) is 10.9 Å². The molecule has 0 aliphatic carbocycles. The number of hydrogen-bond acceptors (Lipinski definition) is 6. The number of ether oxygens (including phenoxy) is 1. The maximum atomic E-state index is 9.80. The zero-order valence-electron chi connectivity index (χ0n) is 10.7. The smallest absolute Gasteiger partial charge is 0.370 e. The molecule has 0 radical (unpaired) electrons. The highest BCUT2D eigenvalue weighted by Gasteiger charge is 2.38. The quantitative estimate of drug-likeness (QED) is 0.449. The first-order valence-electron chi connectivity index (χ1n) is 6.22. The largest absolute Gasteiger partial charge is 0.394 e. The van der Waals surface area contributed by atoms with E-state index in [0.29, 0.717) is 22.8 Å². The Hall–Kier alpha value is -1.29. The Kier molecular flexibility index (Phi) is 3.59. The molecule has 2 aromatic rings. The van der Waals surface area contributed by atoms with E-state index in [4.69, 9.17) is 9.84 Å². The fourth-order valence-electron chi connectivity index (χ4n) is 2.26. The second kappa shape index (κ2) is 5.24. The van der Waals surface area contributed by atoms with Crippen LogP contribution in [-0.4, -0.2) is 51.0 Å². The molecule has 0 aromatic carbocycles. The van der Waals surface area contributed by atoms with Gasteiger partial charge < -0.3 is 25.3 Å². The zero-order valence-corrected chi connectivity index (χ0v) is 12.3. The van der Waals surface area contributed by atoms with E-state index in [1.54, 1.807) is 11.6 Å². The molecular weight excluding hydrogens is 330 g/mol. The van der Waals surface area contributed by atoms with E-state index in [2.05, 4.69) is 36.2 Å². The highest BCUT2D eigenvalue weighted by molar-refractivity contribution is 9.10. The SMILES string of the molecule is CNc1nc2nc(Br)[n+](C3C[C@H](O)[C@@H](CO)O3)cc2[nH]1. The average Bonchev–Trinajstić information content (AvgIpc) is 3.00. The highest BCUT2D eigenvalue weighted by atomic mass is 79.9. The summed E-state index contributed by atoms with van der Waals surface area (Å²) in [4.78, 5) is 11.7. The third kappa shape index (κ3) is 2.26.